The van der Waals surface area contributed by atoms with Crippen molar-refractivity contribution in [3.63, 3.8) is 0 Å². The van der Waals surface area contributed by atoms with Crippen LogP contribution in [0.15, 0.2) is 16.5 Å². The van der Waals surface area contributed by atoms with Gasteiger partial charge in [-0.25, -0.2) is 0 Å². The Balaban J connectivity index is 1.76. The average molecular weight is 279 g/mol. The van der Waals surface area contributed by atoms with Gasteiger partial charge in [0.25, 0.3) is 5.91 Å². The molecule has 2 aliphatic rings. The number of carbonyl (C=O) groups excluding carboxylic acids is 1. The van der Waals surface area contributed by atoms with Crippen LogP contribution < -0.4 is 0 Å². The highest BCUT2D eigenvalue weighted by molar-refractivity contribution is 5.91. The lowest BCUT2D eigenvalue weighted by Gasteiger charge is -2.37. The highest BCUT2D eigenvalue weighted by Gasteiger charge is 2.37. The minimum Gasteiger partial charge on any atom is -0.456 e. The number of nitrogens with zero attached hydrogens (tertiary/aromatic N) is 1. The third-order valence-electron chi connectivity index (χ3n) is 3.99. The van der Waals surface area contributed by atoms with Crippen LogP contribution in [-0.4, -0.2) is 42.9 Å². The summed E-state index contributed by atoms with van der Waals surface area (Å²) in [6, 6.07) is 3.65. The molecule has 0 N–H and O–H groups in total. The molecule has 0 spiro atoms. The molecule has 2 aliphatic heterocycles. The molecule has 3 rings (SSSR count). The van der Waals surface area contributed by atoms with Gasteiger partial charge in [-0.3, -0.25) is 4.79 Å². The Labute approximate surface area is 118 Å². The molecule has 0 aromatic carbocycles. The van der Waals surface area contributed by atoms with Crippen molar-refractivity contribution < 1.29 is 18.7 Å². The van der Waals surface area contributed by atoms with Gasteiger partial charge in [0.15, 0.2) is 12.1 Å². The number of likely N-dealkylation sites (tertiary alicyclic amines) is 1. The molecule has 20 heavy (non-hydrogen) atoms. The maximum Gasteiger partial charge on any atom is 0.289 e. The van der Waals surface area contributed by atoms with E-state index in [9.17, 15) is 4.79 Å². The zero-order valence-corrected chi connectivity index (χ0v) is 11.8. The van der Waals surface area contributed by atoms with Crippen LogP contribution in [0.1, 0.15) is 42.5 Å². The van der Waals surface area contributed by atoms with Gasteiger partial charge in [0.05, 0.1) is 19.3 Å². The fourth-order valence-electron chi connectivity index (χ4n) is 2.92. The molecule has 1 amide bonds. The molecule has 3 heterocycles. The average Bonchev–Trinajstić information content (AvgIpc) is 3.17. The van der Waals surface area contributed by atoms with E-state index in [1.165, 1.54) is 0 Å². The lowest BCUT2D eigenvalue weighted by atomic mass is 10.0. The monoisotopic (exact) mass is 279 g/mol. The van der Waals surface area contributed by atoms with Gasteiger partial charge in [-0.2, -0.15) is 0 Å². The Morgan fingerprint density at radius 3 is 2.80 bits per heavy atom. The highest BCUT2D eigenvalue weighted by atomic mass is 16.7. The normalized spacial score (nSPS) is 24.2. The van der Waals surface area contributed by atoms with E-state index in [4.69, 9.17) is 13.9 Å². The second kappa shape index (κ2) is 5.97. The molecule has 1 atom stereocenters. The third kappa shape index (κ3) is 2.60. The van der Waals surface area contributed by atoms with Crippen molar-refractivity contribution in [1.82, 2.24) is 4.90 Å². The number of rotatable bonds is 3. The highest BCUT2D eigenvalue weighted by Crippen LogP contribution is 2.26. The van der Waals surface area contributed by atoms with Gasteiger partial charge in [0.1, 0.15) is 5.76 Å². The van der Waals surface area contributed by atoms with E-state index in [2.05, 4.69) is 0 Å². The van der Waals surface area contributed by atoms with Crippen LogP contribution in [0.2, 0.25) is 0 Å². The van der Waals surface area contributed by atoms with Crippen molar-refractivity contribution in [2.24, 2.45) is 0 Å². The molecule has 0 saturated carbocycles. The number of hydrogen-bond donors (Lipinski definition) is 0. The van der Waals surface area contributed by atoms with Crippen LogP contribution in [0, 0.1) is 0 Å². The third-order valence-corrected chi connectivity index (χ3v) is 3.99. The van der Waals surface area contributed by atoms with Gasteiger partial charge in [-0.15, -0.1) is 0 Å². The number of aryl methyl sites for hydroxylation is 1. The van der Waals surface area contributed by atoms with Crippen molar-refractivity contribution in [1.29, 1.82) is 0 Å². The number of hydrogen-bond acceptors (Lipinski definition) is 4. The molecule has 5 nitrogen and oxygen atoms in total. The van der Waals surface area contributed by atoms with Gasteiger partial charge in [-0.1, -0.05) is 6.92 Å². The fraction of sp³-hybridized carbons (Fsp3) is 0.667. The molecular formula is C15H21NO4. The molecule has 1 unspecified atom stereocenters. The summed E-state index contributed by atoms with van der Waals surface area (Å²) >= 11 is 0. The van der Waals surface area contributed by atoms with Gasteiger partial charge < -0.3 is 18.8 Å². The molecule has 110 valence electrons. The summed E-state index contributed by atoms with van der Waals surface area (Å²) in [7, 11) is 0. The van der Waals surface area contributed by atoms with E-state index >= 15 is 0 Å². The maximum absolute atomic E-state index is 12.6. The van der Waals surface area contributed by atoms with E-state index in [0.29, 0.717) is 19.0 Å². The van der Waals surface area contributed by atoms with Crippen LogP contribution in [0.4, 0.5) is 0 Å². The van der Waals surface area contributed by atoms with Gasteiger partial charge in [0.2, 0.25) is 0 Å². The quantitative estimate of drug-likeness (QED) is 0.851. The molecule has 2 fully saturated rings. The molecule has 1 aromatic rings. The number of amides is 1. The summed E-state index contributed by atoms with van der Waals surface area (Å²) in [5, 5.41) is 0. The Hall–Kier alpha value is -1.33. The first-order chi connectivity index (χ1) is 9.79. The Morgan fingerprint density at radius 2 is 2.10 bits per heavy atom. The van der Waals surface area contributed by atoms with Crippen molar-refractivity contribution in [3.8, 4) is 0 Å². The van der Waals surface area contributed by atoms with Crippen LogP contribution >= 0.6 is 0 Å². The summed E-state index contributed by atoms with van der Waals surface area (Å²) < 4.78 is 16.8. The van der Waals surface area contributed by atoms with E-state index in [1.807, 2.05) is 17.9 Å². The van der Waals surface area contributed by atoms with Crippen molar-refractivity contribution >= 4 is 5.91 Å². The predicted molar refractivity (Wildman–Crippen MR) is 72.5 cm³/mol. The second-order valence-corrected chi connectivity index (χ2v) is 5.29. The SMILES string of the molecule is CCc1ccc(C(=O)N2CCCCC2C2OCCO2)o1. The molecule has 0 radical (unpaired) electrons. The lowest BCUT2D eigenvalue weighted by molar-refractivity contribution is -0.100. The molecule has 0 aliphatic carbocycles. The molecule has 0 bridgehead atoms. The predicted octanol–water partition coefficient (Wildman–Crippen LogP) is 2.21. The first-order valence-corrected chi connectivity index (χ1v) is 7.42. The number of furan rings is 1. The Bertz CT molecular complexity index is 464. The standard InChI is InChI=1S/C15H21NO4/c1-2-11-6-7-13(20-11)14(17)16-8-4-3-5-12(16)15-18-9-10-19-15/h6-7,12,15H,2-5,8-10H2,1H3. The van der Waals surface area contributed by atoms with Crippen molar-refractivity contribution in [3.05, 3.63) is 23.7 Å². The first kappa shape index (κ1) is 13.6. The summed E-state index contributed by atoms with van der Waals surface area (Å²) in [6.07, 6.45) is 3.58. The summed E-state index contributed by atoms with van der Waals surface area (Å²) in [6.45, 7) is 3.99. The van der Waals surface area contributed by atoms with Crippen LogP contribution in [0.25, 0.3) is 0 Å². The minimum atomic E-state index is -0.278. The topological polar surface area (TPSA) is 51.9 Å². The lowest BCUT2D eigenvalue weighted by Crippen LogP contribution is -2.50. The van der Waals surface area contributed by atoms with E-state index < -0.39 is 0 Å². The van der Waals surface area contributed by atoms with Crippen molar-refractivity contribution in [2.45, 2.75) is 44.9 Å². The maximum atomic E-state index is 12.6. The molecule has 1 aromatic heterocycles. The Kier molecular flexibility index (Phi) is 4.08. The van der Waals surface area contributed by atoms with E-state index in [-0.39, 0.29) is 18.2 Å². The molecule has 2 saturated heterocycles. The number of ether oxygens (including phenoxy) is 2. The van der Waals surface area contributed by atoms with Gasteiger partial charge >= 0.3 is 0 Å². The molecule has 5 heteroatoms. The summed E-state index contributed by atoms with van der Waals surface area (Å²) in [5.41, 5.74) is 0. The van der Waals surface area contributed by atoms with E-state index in [1.54, 1.807) is 6.07 Å². The fourth-order valence-corrected chi connectivity index (χ4v) is 2.92. The van der Waals surface area contributed by atoms with Crippen LogP contribution in [0.3, 0.4) is 0 Å². The first-order valence-electron chi connectivity index (χ1n) is 7.42. The second-order valence-electron chi connectivity index (χ2n) is 5.29. The largest absolute Gasteiger partial charge is 0.456 e. The smallest absolute Gasteiger partial charge is 0.289 e. The van der Waals surface area contributed by atoms with Gasteiger partial charge in [0, 0.05) is 13.0 Å². The number of piperidine rings is 1. The zero-order valence-electron chi connectivity index (χ0n) is 11.8. The Morgan fingerprint density at radius 1 is 1.30 bits per heavy atom. The van der Waals surface area contributed by atoms with Crippen LogP contribution in [-0.2, 0) is 15.9 Å². The number of carbonyl (C=O) groups is 1. The van der Waals surface area contributed by atoms with Crippen LogP contribution in [0.5, 0.6) is 0 Å². The molecular weight excluding hydrogens is 258 g/mol. The summed E-state index contributed by atoms with van der Waals surface area (Å²) in [4.78, 5) is 14.5. The van der Waals surface area contributed by atoms with E-state index in [0.717, 1.165) is 38.0 Å². The minimum absolute atomic E-state index is 0.00827. The summed E-state index contributed by atoms with van der Waals surface area (Å²) in [5.74, 6) is 1.22. The zero-order chi connectivity index (χ0) is 13.9. The van der Waals surface area contributed by atoms with Crippen molar-refractivity contribution in [2.75, 3.05) is 19.8 Å². The van der Waals surface area contributed by atoms with Gasteiger partial charge in [-0.05, 0) is 31.4 Å².